The summed E-state index contributed by atoms with van der Waals surface area (Å²) in [7, 11) is 0. The lowest BCUT2D eigenvalue weighted by Crippen LogP contribution is -2.07. The van der Waals surface area contributed by atoms with Gasteiger partial charge in [-0.05, 0) is 37.5 Å². The highest BCUT2D eigenvalue weighted by Crippen LogP contribution is 2.23. The summed E-state index contributed by atoms with van der Waals surface area (Å²) in [6.45, 7) is 7.73. The third-order valence-electron chi connectivity index (χ3n) is 2.58. The van der Waals surface area contributed by atoms with Crippen molar-refractivity contribution < 1.29 is 4.79 Å². The van der Waals surface area contributed by atoms with Gasteiger partial charge in [0.2, 0.25) is 0 Å². The maximum atomic E-state index is 11.2. The van der Waals surface area contributed by atoms with Gasteiger partial charge in [-0.3, -0.25) is 4.79 Å². The number of Topliss-reactive ketones (excluding diaryl/α,β-unsaturated/α-hetero) is 1. The largest absolute Gasteiger partial charge is 0.299 e. The van der Waals surface area contributed by atoms with Crippen LogP contribution in [0.15, 0.2) is 18.2 Å². The lowest BCUT2D eigenvalue weighted by Gasteiger charge is -2.14. The second kappa shape index (κ2) is 3.73. The van der Waals surface area contributed by atoms with Crippen LogP contribution in [0.4, 0.5) is 0 Å². The SMILES string of the molecule is CC(=O)C(C)c1c(C)cccc1C. The Labute approximate surface area is 79.8 Å². The molecule has 0 amide bonds. The molecule has 1 heteroatoms. The van der Waals surface area contributed by atoms with Crippen molar-refractivity contribution >= 4 is 5.78 Å². The van der Waals surface area contributed by atoms with Crippen molar-refractivity contribution in [2.45, 2.75) is 33.6 Å². The Morgan fingerprint density at radius 1 is 1.23 bits per heavy atom. The lowest BCUT2D eigenvalue weighted by molar-refractivity contribution is -0.118. The van der Waals surface area contributed by atoms with E-state index in [1.807, 2.05) is 13.0 Å². The molecule has 1 rings (SSSR count). The Morgan fingerprint density at radius 2 is 1.69 bits per heavy atom. The lowest BCUT2D eigenvalue weighted by atomic mass is 9.90. The molecule has 1 aromatic carbocycles. The van der Waals surface area contributed by atoms with E-state index in [1.165, 1.54) is 16.7 Å². The van der Waals surface area contributed by atoms with Gasteiger partial charge in [0.05, 0.1) is 0 Å². The molecule has 70 valence electrons. The van der Waals surface area contributed by atoms with Gasteiger partial charge in [-0.15, -0.1) is 0 Å². The summed E-state index contributed by atoms with van der Waals surface area (Å²) < 4.78 is 0. The number of carbonyl (C=O) groups is 1. The molecule has 0 saturated carbocycles. The molecule has 1 atom stereocenters. The molecule has 0 saturated heterocycles. The predicted molar refractivity (Wildman–Crippen MR) is 55.0 cm³/mol. The van der Waals surface area contributed by atoms with Gasteiger partial charge in [-0.2, -0.15) is 0 Å². The molecular weight excluding hydrogens is 160 g/mol. The zero-order valence-corrected chi connectivity index (χ0v) is 8.72. The average molecular weight is 176 g/mol. The van der Waals surface area contributed by atoms with E-state index in [4.69, 9.17) is 0 Å². The van der Waals surface area contributed by atoms with Crippen LogP contribution in [-0.4, -0.2) is 5.78 Å². The Kier molecular flexibility index (Phi) is 2.86. The van der Waals surface area contributed by atoms with E-state index in [-0.39, 0.29) is 11.7 Å². The van der Waals surface area contributed by atoms with Crippen LogP contribution < -0.4 is 0 Å². The first-order chi connectivity index (χ1) is 6.04. The molecule has 0 N–H and O–H groups in total. The summed E-state index contributed by atoms with van der Waals surface area (Å²) in [4.78, 5) is 11.2. The van der Waals surface area contributed by atoms with Crippen LogP contribution in [0, 0.1) is 13.8 Å². The van der Waals surface area contributed by atoms with Crippen molar-refractivity contribution in [2.75, 3.05) is 0 Å². The van der Waals surface area contributed by atoms with Crippen LogP contribution in [0.25, 0.3) is 0 Å². The number of hydrogen-bond donors (Lipinski definition) is 0. The number of hydrogen-bond acceptors (Lipinski definition) is 1. The molecule has 0 fully saturated rings. The molecule has 0 bridgehead atoms. The molecule has 0 aromatic heterocycles. The Morgan fingerprint density at radius 3 is 2.08 bits per heavy atom. The highest BCUT2D eigenvalue weighted by atomic mass is 16.1. The monoisotopic (exact) mass is 176 g/mol. The first kappa shape index (κ1) is 9.97. The van der Waals surface area contributed by atoms with Crippen molar-refractivity contribution in [1.82, 2.24) is 0 Å². The van der Waals surface area contributed by atoms with Crippen molar-refractivity contribution in [3.8, 4) is 0 Å². The minimum atomic E-state index is 0.0289. The summed E-state index contributed by atoms with van der Waals surface area (Å²) in [5.41, 5.74) is 3.61. The molecule has 0 spiro atoms. The third-order valence-corrected chi connectivity index (χ3v) is 2.58. The minimum Gasteiger partial charge on any atom is -0.299 e. The quantitative estimate of drug-likeness (QED) is 0.677. The standard InChI is InChI=1S/C12H16O/c1-8-6-5-7-9(2)12(8)10(3)11(4)13/h5-7,10H,1-4H3. The fourth-order valence-electron chi connectivity index (χ4n) is 1.71. The number of aryl methyl sites for hydroxylation is 2. The molecule has 0 aliphatic rings. The second-order valence-corrected chi connectivity index (χ2v) is 3.64. The number of rotatable bonds is 2. The summed E-state index contributed by atoms with van der Waals surface area (Å²) in [5, 5.41) is 0. The van der Waals surface area contributed by atoms with E-state index >= 15 is 0 Å². The van der Waals surface area contributed by atoms with Gasteiger partial charge in [0.1, 0.15) is 5.78 Å². The van der Waals surface area contributed by atoms with Gasteiger partial charge in [-0.1, -0.05) is 25.1 Å². The van der Waals surface area contributed by atoms with Gasteiger partial charge >= 0.3 is 0 Å². The van der Waals surface area contributed by atoms with E-state index in [9.17, 15) is 4.79 Å². The van der Waals surface area contributed by atoms with Crippen LogP contribution in [0.3, 0.4) is 0 Å². The van der Waals surface area contributed by atoms with Crippen LogP contribution in [0.5, 0.6) is 0 Å². The Hall–Kier alpha value is -1.11. The molecule has 1 aromatic rings. The van der Waals surface area contributed by atoms with Crippen LogP contribution in [0.1, 0.15) is 36.5 Å². The highest BCUT2D eigenvalue weighted by molar-refractivity contribution is 5.83. The maximum Gasteiger partial charge on any atom is 0.137 e. The molecule has 0 aliphatic heterocycles. The van der Waals surface area contributed by atoms with E-state index in [2.05, 4.69) is 26.0 Å². The van der Waals surface area contributed by atoms with Crippen LogP contribution in [-0.2, 0) is 4.79 Å². The summed E-state index contributed by atoms with van der Waals surface area (Å²) in [5.74, 6) is 0.263. The zero-order valence-electron chi connectivity index (χ0n) is 8.72. The molecule has 13 heavy (non-hydrogen) atoms. The second-order valence-electron chi connectivity index (χ2n) is 3.64. The summed E-state index contributed by atoms with van der Waals surface area (Å²) >= 11 is 0. The first-order valence-corrected chi connectivity index (χ1v) is 4.60. The molecule has 1 unspecified atom stereocenters. The maximum absolute atomic E-state index is 11.2. The predicted octanol–water partition coefficient (Wildman–Crippen LogP) is 3.00. The van der Waals surface area contributed by atoms with Gasteiger partial charge in [0, 0.05) is 5.92 Å². The van der Waals surface area contributed by atoms with Crippen molar-refractivity contribution in [1.29, 1.82) is 0 Å². The van der Waals surface area contributed by atoms with Gasteiger partial charge in [0.25, 0.3) is 0 Å². The van der Waals surface area contributed by atoms with Gasteiger partial charge < -0.3 is 0 Å². The van der Waals surface area contributed by atoms with Crippen molar-refractivity contribution in [3.05, 3.63) is 34.9 Å². The zero-order chi connectivity index (χ0) is 10.0. The molecule has 0 aliphatic carbocycles. The molecule has 0 radical (unpaired) electrons. The van der Waals surface area contributed by atoms with Crippen molar-refractivity contribution in [2.24, 2.45) is 0 Å². The fraction of sp³-hybridized carbons (Fsp3) is 0.417. The fourth-order valence-corrected chi connectivity index (χ4v) is 1.71. The number of benzene rings is 1. The van der Waals surface area contributed by atoms with E-state index < -0.39 is 0 Å². The number of carbonyl (C=O) groups excluding carboxylic acids is 1. The van der Waals surface area contributed by atoms with Crippen molar-refractivity contribution in [3.63, 3.8) is 0 Å². The van der Waals surface area contributed by atoms with Crippen LogP contribution in [0.2, 0.25) is 0 Å². The third kappa shape index (κ3) is 1.97. The van der Waals surface area contributed by atoms with Crippen LogP contribution >= 0.6 is 0 Å². The highest BCUT2D eigenvalue weighted by Gasteiger charge is 2.14. The average Bonchev–Trinajstić information content (AvgIpc) is 2.03. The van der Waals surface area contributed by atoms with E-state index in [0.717, 1.165) is 0 Å². The van der Waals surface area contributed by atoms with E-state index in [1.54, 1.807) is 6.92 Å². The minimum absolute atomic E-state index is 0.0289. The van der Waals surface area contributed by atoms with E-state index in [0.29, 0.717) is 0 Å². The molecule has 1 nitrogen and oxygen atoms in total. The summed E-state index contributed by atoms with van der Waals surface area (Å²) in [6, 6.07) is 6.14. The Bertz CT molecular complexity index is 306. The smallest absolute Gasteiger partial charge is 0.137 e. The Balaban J connectivity index is 3.20. The topological polar surface area (TPSA) is 17.1 Å². The molecular formula is C12H16O. The molecule has 0 heterocycles. The number of ketones is 1. The van der Waals surface area contributed by atoms with Gasteiger partial charge in [0.15, 0.2) is 0 Å². The van der Waals surface area contributed by atoms with Gasteiger partial charge in [-0.25, -0.2) is 0 Å². The normalized spacial score (nSPS) is 12.6. The first-order valence-electron chi connectivity index (χ1n) is 4.60. The summed E-state index contributed by atoms with van der Waals surface area (Å²) in [6.07, 6.45) is 0.